The number of nitrogens with one attached hydrogen (secondary N) is 1. The van der Waals surface area contributed by atoms with Gasteiger partial charge in [0.1, 0.15) is 6.04 Å². The summed E-state index contributed by atoms with van der Waals surface area (Å²) in [7, 11) is 1.32. The third kappa shape index (κ3) is 4.25. The van der Waals surface area contributed by atoms with E-state index in [4.69, 9.17) is 5.26 Å². The van der Waals surface area contributed by atoms with Gasteiger partial charge >= 0.3 is 5.97 Å². The van der Waals surface area contributed by atoms with Crippen molar-refractivity contribution in [2.75, 3.05) is 7.05 Å². The van der Waals surface area contributed by atoms with Gasteiger partial charge in [0.15, 0.2) is 6.19 Å². The zero-order valence-corrected chi connectivity index (χ0v) is 16.3. The number of nitrogens with zero attached hydrogens (tertiary/aromatic N) is 2. The lowest BCUT2D eigenvalue weighted by atomic mass is 10.0. The summed E-state index contributed by atoms with van der Waals surface area (Å²) >= 11 is 1.52. The van der Waals surface area contributed by atoms with E-state index in [9.17, 15) is 19.5 Å². The van der Waals surface area contributed by atoms with Crippen LogP contribution in [0.3, 0.4) is 0 Å². The van der Waals surface area contributed by atoms with E-state index in [1.807, 2.05) is 29.6 Å². The molecule has 3 aromatic rings. The van der Waals surface area contributed by atoms with Crippen LogP contribution < -0.4 is 5.32 Å². The molecule has 1 heterocycles. The summed E-state index contributed by atoms with van der Waals surface area (Å²) in [6, 6.07) is 12.4. The van der Waals surface area contributed by atoms with Gasteiger partial charge in [0.2, 0.25) is 0 Å². The maximum Gasteiger partial charge on any atom is 0.336 e. The number of likely N-dealkylation sites (N-methyl/N-ethyl adjacent to an activating group) is 1. The molecule has 29 heavy (non-hydrogen) atoms. The van der Waals surface area contributed by atoms with Gasteiger partial charge in [-0.05, 0) is 34.5 Å². The SMILES string of the molecule is CN(C#N)C(=O)C(Cc1csc2ccccc12)NC(=O)c1ccccc1C(=O)O. The molecule has 2 aromatic carbocycles. The Balaban J connectivity index is 1.92. The fourth-order valence-corrected chi connectivity index (χ4v) is 3.97. The standard InChI is InChI=1S/C21H17N3O4S/c1-24(12-22)20(26)17(10-13-11-29-18-9-5-4-6-14(13)18)23-19(25)15-7-2-3-8-16(15)21(27)28/h2-9,11,17H,10H2,1H3,(H,23,25)(H,27,28). The van der Waals surface area contributed by atoms with Crippen LogP contribution in [0.5, 0.6) is 0 Å². The molecule has 1 atom stereocenters. The summed E-state index contributed by atoms with van der Waals surface area (Å²) in [5.74, 6) is -2.51. The molecule has 2 amide bonds. The molecule has 3 rings (SSSR count). The van der Waals surface area contributed by atoms with E-state index in [0.717, 1.165) is 20.5 Å². The second-order valence-electron chi connectivity index (χ2n) is 6.34. The molecule has 0 saturated carbocycles. The maximum atomic E-state index is 12.8. The molecule has 1 aromatic heterocycles. The molecule has 146 valence electrons. The number of rotatable bonds is 6. The van der Waals surface area contributed by atoms with Gasteiger partial charge in [-0.1, -0.05) is 30.3 Å². The van der Waals surface area contributed by atoms with E-state index < -0.39 is 23.8 Å². The predicted molar refractivity (Wildman–Crippen MR) is 109 cm³/mol. The lowest BCUT2D eigenvalue weighted by Gasteiger charge is -2.20. The van der Waals surface area contributed by atoms with Gasteiger partial charge in [-0.25, -0.2) is 4.79 Å². The number of thiophene rings is 1. The minimum absolute atomic E-state index is 0.0485. The average Bonchev–Trinajstić information content (AvgIpc) is 3.15. The van der Waals surface area contributed by atoms with Crippen molar-refractivity contribution in [1.29, 1.82) is 5.26 Å². The van der Waals surface area contributed by atoms with Crippen LogP contribution in [0.2, 0.25) is 0 Å². The van der Waals surface area contributed by atoms with Crippen molar-refractivity contribution < 1.29 is 19.5 Å². The number of amides is 2. The highest BCUT2D eigenvalue weighted by atomic mass is 32.1. The second-order valence-corrected chi connectivity index (χ2v) is 7.25. The summed E-state index contributed by atoms with van der Waals surface area (Å²) in [6.07, 6.45) is 1.92. The molecule has 8 heteroatoms. The van der Waals surface area contributed by atoms with Crippen LogP contribution in [-0.4, -0.2) is 40.9 Å². The third-order valence-corrected chi connectivity index (χ3v) is 5.48. The zero-order valence-electron chi connectivity index (χ0n) is 15.5. The molecule has 0 aliphatic carbocycles. The Bertz CT molecular complexity index is 1130. The van der Waals surface area contributed by atoms with Gasteiger partial charge in [0, 0.05) is 18.2 Å². The Hall–Kier alpha value is -3.70. The number of hydrogen-bond donors (Lipinski definition) is 2. The van der Waals surface area contributed by atoms with Crippen molar-refractivity contribution in [3.8, 4) is 6.19 Å². The van der Waals surface area contributed by atoms with Crippen molar-refractivity contribution in [2.24, 2.45) is 0 Å². The van der Waals surface area contributed by atoms with Gasteiger partial charge in [-0.15, -0.1) is 11.3 Å². The van der Waals surface area contributed by atoms with Crippen LogP contribution in [0.15, 0.2) is 53.9 Å². The number of carboxylic acids is 1. The van der Waals surface area contributed by atoms with Crippen LogP contribution in [0.1, 0.15) is 26.3 Å². The average molecular weight is 407 g/mol. The number of carbonyl (C=O) groups is 3. The van der Waals surface area contributed by atoms with Gasteiger partial charge in [-0.3, -0.25) is 14.5 Å². The molecule has 0 spiro atoms. The number of nitriles is 1. The number of carbonyl (C=O) groups excluding carboxylic acids is 2. The Morgan fingerprint density at radius 2 is 1.79 bits per heavy atom. The Morgan fingerprint density at radius 1 is 1.14 bits per heavy atom. The Morgan fingerprint density at radius 3 is 2.48 bits per heavy atom. The third-order valence-electron chi connectivity index (χ3n) is 4.47. The van der Waals surface area contributed by atoms with E-state index in [-0.39, 0.29) is 17.5 Å². The Kier molecular flexibility index (Phi) is 5.90. The number of hydrogen-bond acceptors (Lipinski definition) is 5. The van der Waals surface area contributed by atoms with Crippen LogP contribution in [-0.2, 0) is 11.2 Å². The molecule has 0 bridgehead atoms. The molecule has 0 aliphatic heterocycles. The van der Waals surface area contributed by atoms with E-state index in [2.05, 4.69) is 5.32 Å². The van der Waals surface area contributed by atoms with E-state index in [0.29, 0.717) is 0 Å². The molecule has 1 unspecified atom stereocenters. The summed E-state index contributed by atoms with van der Waals surface area (Å²) in [4.78, 5) is 37.7. The number of benzene rings is 2. The minimum Gasteiger partial charge on any atom is -0.478 e. The first-order valence-electron chi connectivity index (χ1n) is 8.68. The summed E-state index contributed by atoms with van der Waals surface area (Å²) in [5.41, 5.74) is 0.653. The molecule has 0 saturated heterocycles. The minimum atomic E-state index is -1.24. The van der Waals surface area contributed by atoms with Crippen molar-refractivity contribution in [2.45, 2.75) is 12.5 Å². The van der Waals surface area contributed by atoms with Crippen LogP contribution >= 0.6 is 11.3 Å². The van der Waals surface area contributed by atoms with Gasteiger partial charge in [0.25, 0.3) is 11.8 Å². The van der Waals surface area contributed by atoms with Crippen molar-refractivity contribution >= 4 is 39.2 Å². The van der Waals surface area contributed by atoms with Gasteiger partial charge < -0.3 is 10.4 Å². The first-order chi connectivity index (χ1) is 13.9. The van der Waals surface area contributed by atoms with Crippen LogP contribution in [0.25, 0.3) is 10.1 Å². The molecule has 0 fully saturated rings. The smallest absolute Gasteiger partial charge is 0.336 e. The van der Waals surface area contributed by atoms with Crippen molar-refractivity contribution in [3.63, 3.8) is 0 Å². The van der Waals surface area contributed by atoms with Gasteiger partial charge in [-0.2, -0.15) is 5.26 Å². The lowest BCUT2D eigenvalue weighted by molar-refractivity contribution is -0.129. The molecule has 2 N–H and O–H groups in total. The fourth-order valence-electron chi connectivity index (χ4n) is 3.00. The second kappa shape index (κ2) is 8.54. The predicted octanol–water partition coefficient (Wildman–Crippen LogP) is 2.88. The maximum absolute atomic E-state index is 12.8. The quantitative estimate of drug-likeness (QED) is 0.482. The van der Waals surface area contributed by atoms with E-state index >= 15 is 0 Å². The largest absolute Gasteiger partial charge is 0.478 e. The summed E-state index contributed by atoms with van der Waals surface area (Å²) in [6.45, 7) is 0. The summed E-state index contributed by atoms with van der Waals surface area (Å²) < 4.78 is 1.05. The molecule has 7 nitrogen and oxygen atoms in total. The molecular weight excluding hydrogens is 390 g/mol. The summed E-state index contributed by atoms with van der Waals surface area (Å²) in [5, 5.41) is 23.9. The number of fused-ring (bicyclic) bond motifs is 1. The number of carboxylic acid groups (broad SMARTS) is 1. The van der Waals surface area contributed by atoms with Crippen LogP contribution in [0, 0.1) is 11.5 Å². The van der Waals surface area contributed by atoms with E-state index in [1.165, 1.54) is 36.6 Å². The highest BCUT2D eigenvalue weighted by Gasteiger charge is 2.27. The first kappa shape index (κ1) is 20.0. The molecule has 0 aliphatic rings. The topological polar surface area (TPSA) is 111 Å². The van der Waals surface area contributed by atoms with Crippen molar-refractivity contribution in [3.05, 3.63) is 70.6 Å². The van der Waals surface area contributed by atoms with Crippen LogP contribution in [0.4, 0.5) is 0 Å². The lowest BCUT2D eigenvalue weighted by Crippen LogP contribution is -2.47. The fraction of sp³-hybridized carbons (Fsp3) is 0.143. The number of aromatic carboxylic acids is 1. The normalized spacial score (nSPS) is 11.4. The first-order valence-corrected chi connectivity index (χ1v) is 9.56. The van der Waals surface area contributed by atoms with Gasteiger partial charge in [0.05, 0.1) is 11.1 Å². The van der Waals surface area contributed by atoms with E-state index in [1.54, 1.807) is 12.3 Å². The highest BCUT2D eigenvalue weighted by molar-refractivity contribution is 7.17. The molecular formula is C21H17N3O4S. The van der Waals surface area contributed by atoms with Crippen molar-refractivity contribution in [1.82, 2.24) is 10.2 Å². The monoisotopic (exact) mass is 407 g/mol. The Labute approximate surface area is 170 Å². The highest BCUT2D eigenvalue weighted by Crippen LogP contribution is 2.27. The molecule has 0 radical (unpaired) electrons. The zero-order chi connectivity index (χ0) is 21.0.